The van der Waals surface area contributed by atoms with Gasteiger partial charge in [-0.3, -0.25) is 9.78 Å². The van der Waals surface area contributed by atoms with E-state index in [1.807, 2.05) is 6.92 Å². The van der Waals surface area contributed by atoms with Gasteiger partial charge in [-0.2, -0.15) is 0 Å². The molecule has 0 saturated carbocycles. The average molecular weight is 269 g/mol. The second-order valence-electron chi connectivity index (χ2n) is 3.02. The predicted octanol–water partition coefficient (Wildman–Crippen LogP) is 2.49. The van der Waals surface area contributed by atoms with Gasteiger partial charge in [0.25, 0.3) is 5.91 Å². The fourth-order valence-electron chi connectivity index (χ4n) is 1.22. The van der Waals surface area contributed by atoms with Gasteiger partial charge in [0.2, 0.25) is 0 Å². The lowest BCUT2D eigenvalue weighted by molar-refractivity contribution is 0.0781. The van der Waals surface area contributed by atoms with E-state index < -0.39 is 0 Å². The van der Waals surface area contributed by atoms with E-state index in [1.165, 1.54) is 0 Å². The third-order valence-corrected chi connectivity index (χ3v) is 2.40. The SMILES string of the molecule is C=CCN(CC)C(=O)c1cncc(Br)c1. The third-order valence-electron chi connectivity index (χ3n) is 1.97. The molecule has 0 radical (unpaired) electrons. The number of hydrogen-bond donors (Lipinski definition) is 0. The Morgan fingerprint density at radius 3 is 2.93 bits per heavy atom. The van der Waals surface area contributed by atoms with E-state index >= 15 is 0 Å². The molecule has 0 atom stereocenters. The number of likely N-dealkylation sites (N-methyl/N-ethyl adjacent to an activating group) is 1. The molecule has 80 valence electrons. The zero-order chi connectivity index (χ0) is 11.3. The van der Waals surface area contributed by atoms with Crippen molar-refractivity contribution in [1.29, 1.82) is 0 Å². The summed E-state index contributed by atoms with van der Waals surface area (Å²) < 4.78 is 0.808. The Labute approximate surface area is 97.9 Å². The van der Waals surface area contributed by atoms with E-state index in [-0.39, 0.29) is 5.91 Å². The van der Waals surface area contributed by atoms with Crippen molar-refractivity contribution >= 4 is 21.8 Å². The molecule has 1 amide bonds. The Hall–Kier alpha value is -1.16. The van der Waals surface area contributed by atoms with E-state index in [2.05, 4.69) is 27.5 Å². The van der Waals surface area contributed by atoms with Gasteiger partial charge in [0.15, 0.2) is 0 Å². The maximum absolute atomic E-state index is 11.9. The molecule has 0 aliphatic carbocycles. The minimum absolute atomic E-state index is 0.0220. The van der Waals surface area contributed by atoms with Crippen molar-refractivity contribution in [2.45, 2.75) is 6.92 Å². The number of carbonyl (C=O) groups is 1. The standard InChI is InChI=1S/C11H13BrN2O/c1-3-5-14(4-2)11(15)9-6-10(12)8-13-7-9/h3,6-8H,1,4-5H2,2H3. The monoisotopic (exact) mass is 268 g/mol. The normalized spacial score (nSPS) is 9.73. The Kier molecular flexibility index (Phi) is 4.49. The maximum Gasteiger partial charge on any atom is 0.255 e. The lowest BCUT2D eigenvalue weighted by Crippen LogP contribution is -2.30. The number of pyridine rings is 1. The van der Waals surface area contributed by atoms with Crippen LogP contribution in [0.15, 0.2) is 35.6 Å². The van der Waals surface area contributed by atoms with Crippen molar-refractivity contribution in [2.75, 3.05) is 13.1 Å². The van der Waals surface area contributed by atoms with E-state index in [0.29, 0.717) is 18.7 Å². The zero-order valence-corrected chi connectivity index (χ0v) is 10.2. The van der Waals surface area contributed by atoms with Gasteiger partial charge in [-0.1, -0.05) is 6.08 Å². The van der Waals surface area contributed by atoms with Crippen LogP contribution in [-0.2, 0) is 0 Å². The molecule has 4 heteroatoms. The van der Waals surface area contributed by atoms with Gasteiger partial charge < -0.3 is 4.90 Å². The first-order valence-corrected chi connectivity index (χ1v) is 5.49. The number of amides is 1. The van der Waals surface area contributed by atoms with Gasteiger partial charge in [0.1, 0.15) is 0 Å². The predicted molar refractivity (Wildman–Crippen MR) is 63.7 cm³/mol. The van der Waals surface area contributed by atoms with Crippen LogP contribution in [-0.4, -0.2) is 28.9 Å². The fraction of sp³-hybridized carbons (Fsp3) is 0.273. The molecular formula is C11H13BrN2O. The summed E-state index contributed by atoms with van der Waals surface area (Å²) in [5, 5.41) is 0. The van der Waals surface area contributed by atoms with Gasteiger partial charge >= 0.3 is 0 Å². The van der Waals surface area contributed by atoms with Crippen LogP contribution in [0.25, 0.3) is 0 Å². The maximum atomic E-state index is 11.9. The molecule has 0 aliphatic rings. The van der Waals surface area contributed by atoms with E-state index in [0.717, 1.165) is 4.47 Å². The molecule has 0 spiro atoms. The summed E-state index contributed by atoms with van der Waals surface area (Å²) in [6, 6.07) is 1.76. The molecule has 0 N–H and O–H groups in total. The summed E-state index contributed by atoms with van der Waals surface area (Å²) in [5.41, 5.74) is 0.591. The number of hydrogen-bond acceptors (Lipinski definition) is 2. The van der Waals surface area contributed by atoms with Crippen LogP contribution in [0.1, 0.15) is 17.3 Å². The molecule has 3 nitrogen and oxygen atoms in total. The summed E-state index contributed by atoms with van der Waals surface area (Å²) in [4.78, 5) is 17.6. The van der Waals surface area contributed by atoms with Crippen molar-refractivity contribution in [1.82, 2.24) is 9.88 Å². The smallest absolute Gasteiger partial charge is 0.255 e. The molecule has 1 rings (SSSR count). The largest absolute Gasteiger partial charge is 0.335 e. The second-order valence-corrected chi connectivity index (χ2v) is 3.94. The highest BCUT2D eigenvalue weighted by Crippen LogP contribution is 2.11. The summed E-state index contributed by atoms with van der Waals surface area (Å²) in [5.74, 6) is -0.0220. The van der Waals surface area contributed by atoms with Crippen molar-refractivity contribution < 1.29 is 4.79 Å². The Balaban J connectivity index is 2.87. The number of rotatable bonds is 4. The first kappa shape index (κ1) is 11.9. The lowest BCUT2D eigenvalue weighted by Gasteiger charge is -2.18. The van der Waals surface area contributed by atoms with Crippen LogP contribution in [0.3, 0.4) is 0 Å². The van der Waals surface area contributed by atoms with Crippen molar-refractivity contribution in [3.8, 4) is 0 Å². The first-order chi connectivity index (χ1) is 7.19. The summed E-state index contributed by atoms with van der Waals surface area (Å²) in [6.07, 6.45) is 4.94. The van der Waals surface area contributed by atoms with Crippen LogP contribution in [0.4, 0.5) is 0 Å². The number of nitrogens with zero attached hydrogens (tertiary/aromatic N) is 2. The molecule has 0 bridgehead atoms. The van der Waals surface area contributed by atoms with Crippen LogP contribution < -0.4 is 0 Å². The lowest BCUT2D eigenvalue weighted by atomic mass is 10.2. The van der Waals surface area contributed by atoms with E-state index in [9.17, 15) is 4.79 Å². The quantitative estimate of drug-likeness (QED) is 0.787. The summed E-state index contributed by atoms with van der Waals surface area (Å²) in [7, 11) is 0. The van der Waals surface area contributed by atoms with Crippen LogP contribution >= 0.6 is 15.9 Å². The van der Waals surface area contributed by atoms with Crippen LogP contribution in [0, 0.1) is 0 Å². The Bertz CT molecular complexity index is 365. The number of carbonyl (C=O) groups excluding carboxylic acids is 1. The highest BCUT2D eigenvalue weighted by atomic mass is 79.9. The molecular weight excluding hydrogens is 256 g/mol. The summed E-state index contributed by atoms with van der Waals surface area (Å²) >= 11 is 3.29. The van der Waals surface area contributed by atoms with Crippen LogP contribution in [0.5, 0.6) is 0 Å². The van der Waals surface area contributed by atoms with E-state index in [4.69, 9.17) is 0 Å². The van der Waals surface area contributed by atoms with Gasteiger partial charge in [-0.05, 0) is 28.9 Å². The molecule has 0 unspecified atom stereocenters. The third kappa shape index (κ3) is 3.16. The molecule has 1 aromatic heterocycles. The van der Waals surface area contributed by atoms with Gasteiger partial charge in [0.05, 0.1) is 5.56 Å². The Morgan fingerprint density at radius 1 is 1.67 bits per heavy atom. The average Bonchev–Trinajstić information content (AvgIpc) is 2.25. The fourth-order valence-corrected chi connectivity index (χ4v) is 1.59. The topological polar surface area (TPSA) is 33.2 Å². The highest BCUT2D eigenvalue weighted by Gasteiger charge is 2.12. The Morgan fingerprint density at radius 2 is 2.40 bits per heavy atom. The number of aromatic nitrogens is 1. The second kappa shape index (κ2) is 5.66. The molecule has 1 aromatic rings. The van der Waals surface area contributed by atoms with Gasteiger partial charge in [-0.15, -0.1) is 6.58 Å². The zero-order valence-electron chi connectivity index (χ0n) is 8.61. The number of halogens is 1. The van der Waals surface area contributed by atoms with Gasteiger partial charge in [-0.25, -0.2) is 0 Å². The van der Waals surface area contributed by atoms with Crippen molar-refractivity contribution in [3.05, 3.63) is 41.2 Å². The van der Waals surface area contributed by atoms with Gasteiger partial charge in [0, 0.05) is 30.0 Å². The van der Waals surface area contributed by atoms with Crippen LogP contribution in [0.2, 0.25) is 0 Å². The minimum Gasteiger partial charge on any atom is -0.335 e. The molecule has 1 heterocycles. The van der Waals surface area contributed by atoms with Crippen molar-refractivity contribution in [2.24, 2.45) is 0 Å². The molecule has 0 saturated heterocycles. The summed E-state index contributed by atoms with van der Waals surface area (Å²) in [6.45, 7) is 6.78. The van der Waals surface area contributed by atoms with E-state index in [1.54, 1.807) is 29.4 Å². The molecule has 15 heavy (non-hydrogen) atoms. The molecule has 0 aliphatic heterocycles. The highest BCUT2D eigenvalue weighted by molar-refractivity contribution is 9.10. The first-order valence-electron chi connectivity index (χ1n) is 4.69. The van der Waals surface area contributed by atoms with Crippen molar-refractivity contribution in [3.63, 3.8) is 0 Å². The minimum atomic E-state index is -0.0220. The molecule has 0 fully saturated rings. The molecule has 0 aromatic carbocycles.